The number of halogens is 2. The van der Waals surface area contributed by atoms with Gasteiger partial charge in [0.15, 0.2) is 11.5 Å². The molecule has 2 rings (SSSR count). The number of hydrogen-bond acceptors (Lipinski definition) is 4. The normalized spacial score (nSPS) is 10.4. The first-order valence-electron chi connectivity index (χ1n) is 5.79. The number of phenols is 1. The summed E-state index contributed by atoms with van der Waals surface area (Å²) in [5.41, 5.74) is -0.0235. The summed E-state index contributed by atoms with van der Waals surface area (Å²) >= 11 is 11.9. The van der Waals surface area contributed by atoms with Crippen LogP contribution in [0.1, 0.15) is 21.5 Å². The molecule has 0 saturated heterocycles. The number of hydrogen-bond donors (Lipinski definition) is 1. The monoisotopic (exact) mass is 325 g/mol. The Hall–Kier alpha value is -2.11. The van der Waals surface area contributed by atoms with Gasteiger partial charge in [-0.2, -0.15) is 0 Å². The second kappa shape index (κ2) is 5.71. The number of rotatable bonds is 3. The summed E-state index contributed by atoms with van der Waals surface area (Å²) in [5.74, 6) is -1.04. The van der Waals surface area contributed by atoms with Crippen molar-refractivity contribution in [1.29, 1.82) is 0 Å². The van der Waals surface area contributed by atoms with Crippen LogP contribution in [0.5, 0.6) is 5.75 Å². The topological polar surface area (TPSA) is 80.4 Å². The number of ketones is 1. The van der Waals surface area contributed by atoms with E-state index in [1.807, 2.05) is 0 Å². The molecule has 2 aromatic rings. The number of nitro groups is 1. The molecule has 0 aliphatic heterocycles. The summed E-state index contributed by atoms with van der Waals surface area (Å²) in [4.78, 5) is 22.6. The van der Waals surface area contributed by atoms with Gasteiger partial charge in [-0.1, -0.05) is 29.3 Å². The summed E-state index contributed by atoms with van der Waals surface area (Å²) in [7, 11) is 0. The Balaban J connectivity index is 2.64. The van der Waals surface area contributed by atoms with Crippen LogP contribution in [-0.2, 0) is 0 Å². The fraction of sp³-hybridized carbons (Fsp3) is 0.0714. The van der Waals surface area contributed by atoms with Crippen molar-refractivity contribution >= 4 is 34.7 Å². The molecule has 5 nitrogen and oxygen atoms in total. The number of carbonyl (C=O) groups excluding carboxylic acids is 1. The van der Waals surface area contributed by atoms with Crippen LogP contribution in [0.25, 0.3) is 0 Å². The van der Waals surface area contributed by atoms with E-state index in [1.165, 1.54) is 12.1 Å². The second-order valence-corrected chi connectivity index (χ2v) is 5.15. The molecule has 0 amide bonds. The molecule has 0 spiro atoms. The number of nitrogens with zero attached hydrogens (tertiary/aromatic N) is 1. The Morgan fingerprint density at radius 2 is 1.81 bits per heavy atom. The maximum Gasteiger partial charge on any atom is 0.311 e. The van der Waals surface area contributed by atoms with E-state index in [0.29, 0.717) is 5.56 Å². The van der Waals surface area contributed by atoms with E-state index in [2.05, 4.69) is 0 Å². The lowest BCUT2D eigenvalue weighted by Gasteiger charge is -2.09. The molecule has 0 heterocycles. The van der Waals surface area contributed by atoms with Crippen molar-refractivity contribution in [3.8, 4) is 5.75 Å². The molecule has 0 aromatic heterocycles. The van der Waals surface area contributed by atoms with E-state index in [4.69, 9.17) is 23.2 Å². The van der Waals surface area contributed by atoms with Crippen LogP contribution in [-0.4, -0.2) is 15.8 Å². The lowest BCUT2D eigenvalue weighted by atomic mass is 9.98. The van der Waals surface area contributed by atoms with Crippen molar-refractivity contribution in [2.45, 2.75) is 6.92 Å². The Morgan fingerprint density at radius 1 is 1.24 bits per heavy atom. The maximum atomic E-state index is 12.5. The number of benzene rings is 2. The van der Waals surface area contributed by atoms with Crippen LogP contribution in [0.2, 0.25) is 10.0 Å². The fourth-order valence-electron chi connectivity index (χ4n) is 1.92. The van der Waals surface area contributed by atoms with E-state index in [9.17, 15) is 20.0 Å². The van der Waals surface area contributed by atoms with Crippen LogP contribution < -0.4 is 0 Å². The molecule has 2 aromatic carbocycles. The molecule has 0 atom stereocenters. The highest BCUT2D eigenvalue weighted by molar-refractivity contribution is 6.41. The van der Waals surface area contributed by atoms with Crippen molar-refractivity contribution in [2.24, 2.45) is 0 Å². The predicted molar refractivity (Wildman–Crippen MR) is 79.4 cm³/mol. The van der Waals surface area contributed by atoms with Crippen LogP contribution in [0.4, 0.5) is 5.69 Å². The van der Waals surface area contributed by atoms with E-state index >= 15 is 0 Å². The fourth-order valence-corrected chi connectivity index (χ4v) is 2.49. The molecule has 1 N–H and O–H groups in total. The molecule has 0 aliphatic rings. The lowest BCUT2D eigenvalue weighted by Crippen LogP contribution is -2.06. The highest BCUT2D eigenvalue weighted by Crippen LogP contribution is 2.33. The lowest BCUT2D eigenvalue weighted by molar-refractivity contribution is -0.385. The first kappa shape index (κ1) is 15.3. The molecule has 0 bridgehead atoms. The Bertz CT molecular complexity index is 739. The molecular weight excluding hydrogens is 317 g/mol. The van der Waals surface area contributed by atoms with Crippen molar-refractivity contribution in [2.75, 3.05) is 0 Å². The zero-order chi connectivity index (χ0) is 15.7. The number of phenolic OH excluding ortho intramolecular Hbond substituents is 1. The standard InChI is InChI=1S/C14H9Cl2NO4/c1-7-5-12(18)11(17(20)21)6-8(7)14(19)13-9(15)3-2-4-10(13)16/h2-6,18H,1H3. The molecule has 0 radical (unpaired) electrons. The number of aryl methyl sites for hydroxylation is 1. The largest absolute Gasteiger partial charge is 0.502 e. The van der Waals surface area contributed by atoms with Crippen LogP contribution >= 0.6 is 23.2 Å². The smallest absolute Gasteiger partial charge is 0.311 e. The summed E-state index contributed by atoms with van der Waals surface area (Å²) in [5, 5.41) is 20.7. The van der Waals surface area contributed by atoms with Crippen LogP contribution in [0, 0.1) is 17.0 Å². The van der Waals surface area contributed by atoms with Gasteiger partial charge in [0.25, 0.3) is 0 Å². The molecule has 21 heavy (non-hydrogen) atoms. The van der Waals surface area contributed by atoms with Gasteiger partial charge in [-0.05, 0) is 30.7 Å². The summed E-state index contributed by atoms with van der Waals surface area (Å²) in [6, 6.07) is 6.78. The average Bonchev–Trinajstić information content (AvgIpc) is 2.37. The van der Waals surface area contributed by atoms with Crippen molar-refractivity contribution in [1.82, 2.24) is 0 Å². The van der Waals surface area contributed by atoms with Crippen molar-refractivity contribution in [3.63, 3.8) is 0 Å². The number of aromatic hydroxyl groups is 1. The predicted octanol–water partition coefficient (Wildman–Crippen LogP) is 4.15. The van der Waals surface area contributed by atoms with Gasteiger partial charge in [0, 0.05) is 11.6 Å². The minimum atomic E-state index is -0.764. The first-order valence-corrected chi connectivity index (χ1v) is 6.55. The van der Waals surface area contributed by atoms with Crippen molar-refractivity contribution < 1.29 is 14.8 Å². The zero-order valence-corrected chi connectivity index (χ0v) is 12.3. The van der Waals surface area contributed by atoms with Crippen molar-refractivity contribution in [3.05, 3.63) is 67.2 Å². The third-order valence-corrected chi connectivity index (χ3v) is 3.58. The van der Waals surface area contributed by atoms with Crippen LogP contribution in [0.15, 0.2) is 30.3 Å². The number of nitro benzene ring substituents is 1. The van der Waals surface area contributed by atoms with E-state index in [1.54, 1.807) is 13.0 Å². The molecule has 7 heteroatoms. The number of carbonyl (C=O) groups is 1. The van der Waals surface area contributed by atoms with Gasteiger partial charge in [-0.3, -0.25) is 14.9 Å². The van der Waals surface area contributed by atoms with Gasteiger partial charge >= 0.3 is 5.69 Å². The highest BCUT2D eigenvalue weighted by Gasteiger charge is 2.23. The Labute approximate surface area is 129 Å². The molecule has 0 saturated carbocycles. The van der Waals surface area contributed by atoms with Gasteiger partial charge in [-0.25, -0.2) is 0 Å². The summed E-state index contributed by atoms with van der Waals surface area (Å²) in [6.07, 6.45) is 0. The Morgan fingerprint density at radius 3 is 2.33 bits per heavy atom. The third-order valence-electron chi connectivity index (χ3n) is 2.95. The quantitative estimate of drug-likeness (QED) is 0.522. The van der Waals surface area contributed by atoms with Crippen LogP contribution in [0.3, 0.4) is 0 Å². The van der Waals surface area contributed by atoms with E-state index in [0.717, 1.165) is 12.1 Å². The minimum absolute atomic E-state index is 0.0644. The van der Waals surface area contributed by atoms with E-state index < -0.39 is 22.1 Å². The van der Waals surface area contributed by atoms with Gasteiger partial charge in [-0.15, -0.1) is 0 Å². The highest BCUT2D eigenvalue weighted by atomic mass is 35.5. The molecular formula is C14H9Cl2NO4. The van der Waals surface area contributed by atoms with E-state index in [-0.39, 0.29) is 21.2 Å². The third kappa shape index (κ3) is 2.84. The molecule has 0 unspecified atom stereocenters. The van der Waals surface area contributed by atoms with Gasteiger partial charge in [0.2, 0.25) is 0 Å². The maximum absolute atomic E-state index is 12.5. The summed E-state index contributed by atoms with van der Waals surface area (Å²) in [6.45, 7) is 1.56. The Kier molecular flexibility index (Phi) is 4.16. The zero-order valence-electron chi connectivity index (χ0n) is 10.8. The second-order valence-electron chi connectivity index (χ2n) is 4.34. The molecule has 0 fully saturated rings. The first-order chi connectivity index (χ1) is 9.82. The molecule has 108 valence electrons. The van der Waals surface area contributed by atoms with Gasteiger partial charge in [0.1, 0.15) is 0 Å². The summed E-state index contributed by atoms with van der Waals surface area (Å²) < 4.78 is 0. The SMILES string of the molecule is Cc1cc(O)c([N+](=O)[O-])cc1C(=O)c1c(Cl)cccc1Cl. The van der Waals surface area contributed by atoms with Gasteiger partial charge in [0.05, 0.1) is 20.5 Å². The van der Waals surface area contributed by atoms with Gasteiger partial charge < -0.3 is 5.11 Å². The average molecular weight is 326 g/mol. The minimum Gasteiger partial charge on any atom is -0.502 e. The molecule has 0 aliphatic carbocycles.